The minimum atomic E-state index is -10.7. The van der Waals surface area contributed by atoms with Gasteiger partial charge in [-0.1, -0.05) is 146 Å². The Morgan fingerprint density at radius 1 is 0.400 bits per heavy atom. The van der Waals surface area contributed by atoms with Crippen molar-refractivity contribution in [3.8, 4) is 46.9 Å². The fourth-order valence-corrected chi connectivity index (χ4v) is 8.21. The monoisotopic (exact) mass is 1410 g/mol. The number of nitriles is 4. The largest absolute Gasteiger partial charge is 2.00 e. The third kappa shape index (κ3) is 26.9. The van der Waals surface area contributed by atoms with Gasteiger partial charge in [0.15, 0.2) is 0 Å². The second-order valence-corrected chi connectivity index (χ2v) is 21.4. The minimum Gasteiger partial charge on any atom is -0.489 e. The van der Waals surface area contributed by atoms with Gasteiger partial charge in [-0.15, -0.1) is 0 Å². The Kier molecular flexibility index (Phi) is 24.6. The van der Waals surface area contributed by atoms with Crippen molar-refractivity contribution in [1.29, 1.82) is 21.0 Å². The molecule has 442 valence electrons. The fourth-order valence-electron chi connectivity index (χ4n) is 8.21. The average Bonchev–Trinajstić information content (AvgIpc) is 1.99. The van der Waals surface area contributed by atoms with Gasteiger partial charge in [-0.3, -0.25) is 0 Å². The Morgan fingerprint density at radius 3 is 0.965 bits per heavy atom. The molecule has 25 heteroatoms. The number of hydrogen-bond donors (Lipinski definition) is 0. The van der Waals surface area contributed by atoms with Crippen LogP contribution in [-0.4, -0.2) is 22.3 Å². The van der Waals surface area contributed by atoms with Gasteiger partial charge in [0.05, 0.1) is 50.5 Å². The first-order valence-corrected chi connectivity index (χ1v) is 28.9. The van der Waals surface area contributed by atoms with Crippen molar-refractivity contribution in [2.45, 2.75) is 53.9 Å². The smallest absolute Gasteiger partial charge is 0.489 e. The molecule has 0 unspecified atom stereocenters. The molecule has 0 amide bonds. The van der Waals surface area contributed by atoms with E-state index in [1.54, 1.807) is 24.3 Å². The topological polar surface area (TPSA) is 131 Å². The summed E-state index contributed by atoms with van der Waals surface area (Å²) in [6.07, 6.45) is 15.3. The number of imidazole rings is 2. The number of nitrogens with zero attached hydrogens (tertiary/aromatic N) is 8. The van der Waals surface area contributed by atoms with Crippen LogP contribution in [0.3, 0.4) is 0 Å². The Bertz CT molecular complexity index is 3690. The first-order valence-electron chi connectivity index (χ1n) is 24.8. The number of benzene rings is 8. The summed E-state index contributed by atoms with van der Waals surface area (Å²) in [6, 6.07) is 62.6. The van der Waals surface area contributed by atoms with Gasteiger partial charge in [-0.2, -0.15) is 21.0 Å². The molecule has 8 aromatic carbocycles. The van der Waals surface area contributed by atoms with Gasteiger partial charge in [0.25, 0.3) is 0 Å². The zero-order chi connectivity index (χ0) is 62.3. The summed E-state index contributed by atoms with van der Waals surface area (Å²) in [5.74, 6) is 1.65. The molecule has 10 nitrogen and oxygen atoms in total. The SMILES string of the molecule is CC#N.CC#N.CC#N.CC#N.F[P-](F)(F)(F)(F)F.F[P-](F)(F)(F)(F)F.[Hg+2].[c-]1n(CCOc2ccc3ccccc3c2-c2c(OCCn3[c-][n+](Cc4cccc5ccccc45)cc3)ccc3ccccc23)cc[n+]1Cc1cccc2ccccc12. The van der Waals surface area contributed by atoms with Crippen molar-refractivity contribution < 1.29 is 96.6 Å². The molecule has 2 aromatic heterocycles. The molecule has 0 bridgehead atoms. The summed E-state index contributed by atoms with van der Waals surface area (Å²) in [5.41, 5.74) is 4.62. The summed E-state index contributed by atoms with van der Waals surface area (Å²) >= 11 is 0. The standard InChI is InChI=1S/C52H42N4O2.4C2H3N.2F6P.Hg/c1-5-19-45-39(11-1)15-9-17-43(45)35-55-29-27-53(37-55)31-33-57-49-25-23-41-13-3-7-21-47(41)51(49)52-48-22-8-4-14-42(48)24-26-50(52)58-34-32-54-28-30-56(38-54)36-44-18-10-16-40-12-2-6-20-46(40)44;4*1-2-3;2*1-7(2,3,4,5)6;/h1-30H,31-36H2;4*1H3;;;/q;;;;;2*-1;+2. The maximum atomic E-state index is 9.87. The van der Waals surface area contributed by atoms with Gasteiger partial charge in [0.1, 0.15) is 24.7 Å². The van der Waals surface area contributed by atoms with Crippen LogP contribution in [0.25, 0.3) is 54.2 Å². The summed E-state index contributed by atoms with van der Waals surface area (Å²) < 4.78 is 140. The van der Waals surface area contributed by atoms with E-state index < -0.39 is 15.6 Å². The van der Waals surface area contributed by atoms with Crippen LogP contribution in [0.15, 0.2) is 183 Å². The van der Waals surface area contributed by atoms with Crippen molar-refractivity contribution in [3.05, 3.63) is 206 Å². The predicted octanol–water partition coefficient (Wildman–Crippen LogP) is 18.9. The zero-order valence-electron chi connectivity index (χ0n) is 46.1. The molecule has 0 saturated carbocycles. The predicted molar refractivity (Wildman–Crippen MR) is 303 cm³/mol. The van der Waals surface area contributed by atoms with Crippen LogP contribution >= 0.6 is 15.6 Å². The van der Waals surface area contributed by atoms with E-state index in [-0.39, 0.29) is 27.7 Å². The Morgan fingerprint density at radius 2 is 0.659 bits per heavy atom. The number of rotatable bonds is 13. The number of halogens is 12. The van der Waals surface area contributed by atoms with Gasteiger partial charge in [-0.25, -0.2) is 0 Å². The van der Waals surface area contributed by atoms with Crippen molar-refractivity contribution in [2.75, 3.05) is 13.2 Å². The third-order valence-corrected chi connectivity index (χ3v) is 11.0. The van der Waals surface area contributed by atoms with Crippen LogP contribution in [-0.2, 0) is 53.8 Å². The Labute approximate surface area is 503 Å². The summed E-state index contributed by atoms with van der Waals surface area (Å²) in [4.78, 5) is 0. The maximum absolute atomic E-state index is 10.7. The van der Waals surface area contributed by atoms with E-state index >= 15 is 0 Å². The molecule has 2 heterocycles. The molecule has 0 N–H and O–H groups in total. The maximum Gasteiger partial charge on any atom is 2.00 e. The third-order valence-electron chi connectivity index (χ3n) is 11.0. The molecule has 0 aliphatic rings. The molecule has 0 aliphatic carbocycles. The number of aromatic nitrogens is 4. The van der Waals surface area contributed by atoms with Crippen LogP contribution in [0, 0.1) is 58.0 Å². The molecule has 0 atom stereocenters. The summed E-state index contributed by atoms with van der Waals surface area (Å²) in [5, 5.41) is 38.9. The van der Waals surface area contributed by atoms with E-state index in [9.17, 15) is 50.4 Å². The van der Waals surface area contributed by atoms with Crippen molar-refractivity contribution >= 4 is 58.7 Å². The van der Waals surface area contributed by atoms with Crippen LogP contribution in [0.2, 0.25) is 0 Å². The molecule has 10 rings (SSSR count). The van der Waals surface area contributed by atoms with Gasteiger partial charge in [0.2, 0.25) is 12.7 Å². The Hall–Kier alpha value is -8.26. The van der Waals surface area contributed by atoms with E-state index in [4.69, 9.17) is 30.5 Å². The number of fused-ring (bicyclic) bond motifs is 4. The normalized spacial score (nSPS) is 12.0. The molecule has 0 radical (unpaired) electrons. The molecule has 85 heavy (non-hydrogen) atoms. The van der Waals surface area contributed by atoms with Crippen LogP contribution in [0.1, 0.15) is 38.8 Å². The van der Waals surface area contributed by atoms with Gasteiger partial charge in [0, 0.05) is 38.8 Å². The minimum absolute atomic E-state index is 0. The van der Waals surface area contributed by atoms with E-state index in [1.807, 2.05) is 0 Å². The van der Waals surface area contributed by atoms with Crippen molar-refractivity contribution in [3.63, 3.8) is 0 Å². The number of ether oxygens (including phenoxy) is 2. The number of hydrogen-bond acceptors (Lipinski definition) is 6. The molecular weight excluding hydrogens is 1360 g/mol. The molecule has 10 aromatic rings. The molecule has 0 saturated heterocycles. The van der Waals surface area contributed by atoms with E-state index in [0.29, 0.717) is 26.3 Å². The first kappa shape index (κ1) is 71.0. The van der Waals surface area contributed by atoms with Gasteiger partial charge in [-0.05, 0) is 91.1 Å². The molecule has 0 spiro atoms. The van der Waals surface area contributed by atoms with Crippen LogP contribution in [0.4, 0.5) is 50.4 Å². The molecule has 0 fully saturated rings. The summed E-state index contributed by atoms with van der Waals surface area (Å²) in [7, 11) is -21.3. The fraction of sp³-hybridized carbons (Fsp3) is 0.167. The van der Waals surface area contributed by atoms with E-state index in [0.717, 1.165) is 57.3 Å². The second-order valence-electron chi connectivity index (χ2n) is 17.5. The second kappa shape index (κ2) is 29.5. The van der Waals surface area contributed by atoms with Crippen molar-refractivity contribution in [2.24, 2.45) is 0 Å². The van der Waals surface area contributed by atoms with Crippen molar-refractivity contribution in [1.82, 2.24) is 9.13 Å². The van der Waals surface area contributed by atoms with Gasteiger partial charge < -0.3 is 27.7 Å². The van der Waals surface area contributed by atoms with E-state index in [2.05, 4.69) is 213 Å². The Balaban J connectivity index is 0.000000594. The van der Waals surface area contributed by atoms with E-state index in [1.165, 1.54) is 60.4 Å². The van der Waals surface area contributed by atoms with Crippen LogP contribution in [0.5, 0.6) is 11.5 Å². The summed E-state index contributed by atoms with van der Waals surface area (Å²) in [6.45, 7) is 9.49. The first-order chi connectivity index (χ1) is 39.3. The zero-order valence-corrected chi connectivity index (χ0v) is 53.4. The molecular formula is C60H54F12HgN8O2P2. The van der Waals surface area contributed by atoms with Gasteiger partial charge >= 0.3 is 93.6 Å². The molecule has 0 aliphatic heterocycles. The average molecular weight is 1410 g/mol. The quantitative estimate of drug-likeness (QED) is 0.0371. The van der Waals surface area contributed by atoms with Crippen LogP contribution < -0.4 is 18.6 Å².